The maximum Gasteiger partial charge on any atom is 0.323 e. The number of fused-ring (bicyclic) bond motifs is 1. The molecule has 0 amide bonds. The zero-order valence-corrected chi connectivity index (χ0v) is 8.74. The molecule has 2 rings (SSSR count). The minimum atomic E-state index is -0.905. The van der Waals surface area contributed by atoms with Crippen molar-refractivity contribution in [2.45, 2.75) is 6.42 Å². The fourth-order valence-electron chi connectivity index (χ4n) is 1.86. The molecule has 1 aliphatic heterocycles. The number of nitrogens with one attached hydrogen (secondary N) is 1. The second-order valence-electron chi connectivity index (χ2n) is 3.76. The third-order valence-corrected chi connectivity index (χ3v) is 2.55. The molecule has 0 saturated carbocycles. The van der Waals surface area contributed by atoms with E-state index in [0.717, 1.165) is 18.7 Å². The Balaban J connectivity index is 2.34. The van der Waals surface area contributed by atoms with Crippen LogP contribution in [0.2, 0.25) is 0 Å². The first-order chi connectivity index (χ1) is 7.66. The van der Waals surface area contributed by atoms with E-state index in [0.29, 0.717) is 12.2 Å². The van der Waals surface area contributed by atoms with Gasteiger partial charge in [-0.25, -0.2) is 4.39 Å². The Morgan fingerprint density at radius 1 is 1.56 bits per heavy atom. The zero-order valence-electron chi connectivity index (χ0n) is 8.74. The Kier molecular flexibility index (Phi) is 2.94. The normalized spacial score (nSPS) is 14.9. The maximum atomic E-state index is 13.1. The summed E-state index contributed by atoms with van der Waals surface area (Å²) in [6.45, 7) is 1.29. The number of aliphatic carboxylic acids is 1. The fraction of sp³-hybridized carbons (Fsp3) is 0.364. The summed E-state index contributed by atoms with van der Waals surface area (Å²) in [5.74, 6) is -1.25. The number of anilines is 2. The van der Waals surface area contributed by atoms with E-state index in [1.807, 2.05) is 0 Å². The van der Waals surface area contributed by atoms with Crippen molar-refractivity contribution in [1.29, 1.82) is 0 Å². The maximum absolute atomic E-state index is 13.1. The molecule has 0 aromatic heterocycles. The first-order valence-electron chi connectivity index (χ1n) is 5.17. The van der Waals surface area contributed by atoms with Gasteiger partial charge in [0.05, 0.1) is 11.4 Å². The van der Waals surface area contributed by atoms with Crippen LogP contribution in [0.5, 0.6) is 0 Å². The number of hydrogen-bond donors (Lipinski definition) is 2. The average molecular weight is 224 g/mol. The predicted octanol–water partition coefficient (Wildman–Crippen LogP) is 1.53. The van der Waals surface area contributed by atoms with Crippen molar-refractivity contribution in [2.24, 2.45) is 0 Å². The summed E-state index contributed by atoms with van der Waals surface area (Å²) >= 11 is 0. The van der Waals surface area contributed by atoms with Crippen LogP contribution in [0, 0.1) is 5.82 Å². The molecule has 1 aliphatic rings. The summed E-state index contributed by atoms with van der Waals surface area (Å²) in [7, 11) is 0. The third-order valence-electron chi connectivity index (χ3n) is 2.55. The summed E-state index contributed by atoms with van der Waals surface area (Å²) in [4.78, 5) is 12.4. The molecule has 0 fully saturated rings. The van der Waals surface area contributed by atoms with Gasteiger partial charge < -0.3 is 15.3 Å². The van der Waals surface area contributed by atoms with Crippen LogP contribution in [0.15, 0.2) is 18.2 Å². The van der Waals surface area contributed by atoms with Crippen molar-refractivity contribution >= 4 is 17.3 Å². The molecular weight excluding hydrogens is 211 g/mol. The van der Waals surface area contributed by atoms with Gasteiger partial charge in [0.15, 0.2) is 0 Å². The second kappa shape index (κ2) is 4.38. The van der Waals surface area contributed by atoms with Crippen molar-refractivity contribution in [2.75, 3.05) is 29.9 Å². The Bertz CT molecular complexity index is 409. The first-order valence-corrected chi connectivity index (χ1v) is 5.17. The number of hydrogen-bond acceptors (Lipinski definition) is 3. The highest BCUT2D eigenvalue weighted by molar-refractivity contribution is 5.78. The molecule has 1 aromatic carbocycles. The smallest absolute Gasteiger partial charge is 0.323 e. The van der Waals surface area contributed by atoms with Gasteiger partial charge in [-0.3, -0.25) is 4.79 Å². The molecule has 0 unspecified atom stereocenters. The fourth-order valence-corrected chi connectivity index (χ4v) is 1.86. The molecule has 4 nitrogen and oxygen atoms in total. The van der Waals surface area contributed by atoms with Gasteiger partial charge in [0.2, 0.25) is 0 Å². The molecule has 0 bridgehead atoms. The van der Waals surface area contributed by atoms with E-state index >= 15 is 0 Å². The first kappa shape index (κ1) is 10.7. The summed E-state index contributed by atoms with van der Waals surface area (Å²) in [6.07, 6.45) is 0.837. The predicted molar refractivity (Wildman–Crippen MR) is 59.4 cm³/mol. The molecule has 2 N–H and O–H groups in total. The lowest BCUT2D eigenvalue weighted by Crippen LogP contribution is -2.30. The third kappa shape index (κ3) is 2.24. The van der Waals surface area contributed by atoms with Crippen LogP contribution >= 0.6 is 0 Å². The number of halogens is 1. The van der Waals surface area contributed by atoms with E-state index in [-0.39, 0.29) is 12.4 Å². The Morgan fingerprint density at radius 2 is 2.38 bits per heavy atom. The highest BCUT2D eigenvalue weighted by Gasteiger charge is 2.17. The molecule has 0 aliphatic carbocycles. The lowest BCUT2D eigenvalue weighted by Gasteiger charge is -2.22. The second-order valence-corrected chi connectivity index (χ2v) is 3.76. The quantitative estimate of drug-likeness (QED) is 0.800. The van der Waals surface area contributed by atoms with Crippen LogP contribution in [0.25, 0.3) is 0 Å². The molecule has 0 radical (unpaired) electrons. The number of carboxylic acids is 1. The van der Waals surface area contributed by atoms with E-state index in [1.165, 1.54) is 12.1 Å². The average Bonchev–Trinajstić information content (AvgIpc) is 2.41. The van der Waals surface area contributed by atoms with Crippen LogP contribution in [0.3, 0.4) is 0 Å². The number of nitrogens with zero attached hydrogens (tertiary/aromatic N) is 1. The number of benzene rings is 1. The molecular formula is C11H13FN2O2. The highest BCUT2D eigenvalue weighted by Crippen LogP contribution is 2.28. The molecule has 5 heteroatoms. The number of carbonyl (C=O) groups is 1. The molecule has 0 saturated heterocycles. The van der Waals surface area contributed by atoms with Gasteiger partial charge in [-0.1, -0.05) is 0 Å². The van der Waals surface area contributed by atoms with E-state index in [9.17, 15) is 9.18 Å². The van der Waals surface area contributed by atoms with Crippen molar-refractivity contribution in [3.63, 3.8) is 0 Å². The van der Waals surface area contributed by atoms with Crippen LogP contribution in [-0.4, -0.2) is 30.7 Å². The van der Waals surface area contributed by atoms with Gasteiger partial charge in [-0.15, -0.1) is 0 Å². The number of carboxylic acid groups (broad SMARTS) is 1. The molecule has 1 aromatic rings. The van der Waals surface area contributed by atoms with Gasteiger partial charge in [0, 0.05) is 13.1 Å². The number of rotatable bonds is 2. The SMILES string of the molecule is O=C(O)CN1CCCNc2ccc(F)cc21. The van der Waals surface area contributed by atoms with Crippen molar-refractivity contribution in [3.05, 3.63) is 24.0 Å². The van der Waals surface area contributed by atoms with Gasteiger partial charge in [0.25, 0.3) is 0 Å². The van der Waals surface area contributed by atoms with E-state index in [1.54, 1.807) is 11.0 Å². The topological polar surface area (TPSA) is 52.6 Å². The minimum Gasteiger partial charge on any atom is -0.480 e. The van der Waals surface area contributed by atoms with Gasteiger partial charge in [-0.05, 0) is 24.6 Å². The zero-order chi connectivity index (χ0) is 11.5. The monoisotopic (exact) mass is 224 g/mol. The lowest BCUT2D eigenvalue weighted by atomic mass is 10.2. The lowest BCUT2D eigenvalue weighted by molar-refractivity contribution is -0.135. The highest BCUT2D eigenvalue weighted by atomic mass is 19.1. The van der Waals surface area contributed by atoms with Gasteiger partial charge >= 0.3 is 5.97 Å². The summed E-state index contributed by atoms with van der Waals surface area (Å²) in [5.41, 5.74) is 1.42. The molecule has 1 heterocycles. The van der Waals surface area contributed by atoms with Gasteiger partial charge in [-0.2, -0.15) is 0 Å². The van der Waals surface area contributed by atoms with Crippen LogP contribution in [-0.2, 0) is 4.79 Å². The van der Waals surface area contributed by atoms with Crippen molar-refractivity contribution in [1.82, 2.24) is 0 Å². The van der Waals surface area contributed by atoms with Crippen LogP contribution in [0.1, 0.15) is 6.42 Å². The Hall–Kier alpha value is -1.78. The summed E-state index contributed by atoms with van der Waals surface area (Å²) in [5, 5.41) is 12.0. The Labute approximate surface area is 92.7 Å². The standard InChI is InChI=1S/C11H13FN2O2/c12-8-2-3-9-10(6-8)14(7-11(15)16)5-1-4-13-9/h2-3,6,13H,1,4-5,7H2,(H,15,16). The van der Waals surface area contributed by atoms with E-state index in [4.69, 9.17) is 5.11 Å². The molecule has 16 heavy (non-hydrogen) atoms. The van der Waals surface area contributed by atoms with Crippen LogP contribution in [0.4, 0.5) is 15.8 Å². The molecule has 0 atom stereocenters. The largest absolute Gasteiger partial charge is 0.480 e. The molecule has 86 valence electrons. The van der Waals surface area contributed by atoms with Crippen molar-refractivity contribution in [3.8, 4) is 0 Å². The summed E-state index contributed by atoms with van der Waals surface area (Å²) < 4.78 is 13.1. The van der Waals surface area contributed by atoms with Gasteiger partial charge in [0.1, 0.15) is 12.4 Å². The van der Waals surface area contributed by atoms with E-state index < -0.39 is 5.97 Å². The minimum absolute atomic E-state index is 0.0991. The molecule has 0 spiro atoms. The van der Waals surface area contributed by atoms with E-state index in [2.05, 4.69) is 5.32 Å². The van der Waals surface area contributed by atoms with Crippen molar-refractivity contribution < 1.29 is 14.3 Å². The summed E-state index contributed by atoms with van der Waals surface area (Å²) in [6, 6.07) is 4.39. The Morgan fingerprint density at radius 3 is 3.12 bits per heavy atom. The van der Waals surface area contributed by atoms with Crippen LogP contribution < -0.4 is 10.2 Å².